The molecule has 0 radical (unpaired) electrons. The summed E-state index contributed by atoms with van der Waals surface area (Å²) in [6.07, 6.45) is 5.26. The summed E-state index contributed by atoms with van der Waals surface area (Å²) in [6, 6.07) is 0. The van der Waals surface area contributed by atoms with Crippen LogP contribution in [0.2, 0.25) is 5.02 Å². The summed E-state index contributed by atoms with van der Waals surface area (Å²) in [7, 11) is 1.84. The Kier molecular flexibility index (Phi) is 4.54. The van der Waals surface area contributed by atoms with Crippen molar-refractivity contribution in [3.05, 3.63) is 16.9 Å². The molecule has 0 bridgehead atoms. The first-order chi connectivity index (χ1) is 9.06. The molecule has 5 heteroatoms. The fourth-order valence-corrected chi connectivity index (χ4v) is 3.67. The molecule has 0 amide bonds. The summed E-state index contributed by atoms with van der Waals surface area (Å²) in [5.74, 6) is 0. The Bertz CT molecular complexity index is 403. The van der Waals surface area contributed by atoms with E-state index in [1.54, 1.807) is 10.9 Å². The van der Waals surface area contributed by atoms with E-state index in [9.17, 15) is 5.11 Å². The Hall–Kier alpha value is -0.580. The lowest BCUT2D eigenvalue weighted by molar-refractivity contribution is -0.0334. The molecule has 0 aromatic carbocycles. The minimum Gasteiger partial charge on any atom is -0.385 e. The second-order valence-corrected chi connectivity index (χ2v) is 5.82. The van der Waals surface area contributed by atoms with Gasteiger partial charge < -0.3 is 5.11 Å². The maximum atomic E-state index is 11.0. The monoisotopic (exact) mass is 285 g/mol. The molecule has 0 saturated carbocycles. The first kappa shape index (κ1) is 14.8. The quantitative estimate of drug-likeness (QED) is 0.904. The lowest BCUT2D eigenvalue weighted by Gasteiger charge is -2.44. The van der Waals surface area contributed by atoms with Crippen molar-refractivity contribution in [1.29, 1.82) is 0 Å². The molecule has 1 aliphatic heterocycles. The first-order valence-electron chi connectivity index (χ1n) is 7.17. The number of halogens is 1. The summed E-state index contributed by atoms with van der Waals surface area (Å²) in [5.41, 5.74) is 0.505. The van der Waals surface area contributed by atoms with Gasteiger partial charge in [-0.3, -0.25) is 9.58 Å². The number of nitrogens with zero attached hydrogens (tertiary/aromatic N) is 3. The van der Waals surface area contributed by atoms with Gasteiger partial charge in [0, 0.05) is 7.05 Å². The predicted octanol–water partition coefficient (Wildman–Crippen LogP) is 2.76. The molecule has 0 aliphatic carbocycles. The van der Waals surface area contributed by atoms with Crippen molar-refractivity contribution in [3.8, 4) is 0 Å². The molecule has 0 spiro atoms. The van der Waals surface area contributed by atoms with Gasteiger partial charge in [-0.05, 0) is 38.8 Å². The Morgan fingerprint density at radius 3 is 2.37 bits per heavy atom. The van der Waals surface area contributed by atoms with E-state index >= 15 is 0 Å². The van der Waals surface area contributed by atoms with E-state index in [1.807, 2.05) is 7.05 Å². The van der Waals surface area contributed by atoms with E-state index in [-0.39, 0.29) is 5.54 Å². The number of rotatable bonds is 5. The van der Waals surface area contributed by atoms with Crippen molar-refractivity contribution < 1.29 is 5.11 Å². The fourth-order valence-electron chi connectivity index (χ4n) is 3.40. The van der Waals surface area contributed by atoms with E-state index in [4.69, 9.17) is 11.6 Å². The van der Waals surface area contributed by atoms with Crippen LogP contribution >= 0.6 is 11.6 Å². The van der Waals surface area contributed by atoms with Crippen molar-refractivity contribution in [2.45, 2.75) is 51.2 Å². The molecule has 19 heavy (non-hydrogen) atoms. The molecular formula is C14H24ClN3O. The highest BCUT2D eigenvalue weighted by Crippen LogP contribution is 2.41. The average molecular weight is 286 g/mol. The van der Waals surface area contributed by atoms with Crippen LogP contribution in [0.15, 0.2) is 6.20 Å². The van der Waals surface area contributed by atoms with Gasteiger partial charge in [0.05, 0.1) is 22.5 Å². The Morgan fingerprint density at radius 1 is 1.37 bits per heavy atom. The van der Waals surface area contributed by atoms with Gasteiger partial charge in [0.15, 0.2) is 0 Å². The van der Waals surface area contributed by atoms with E-state index < -0.39 is 6.10 Å². The van der Waals surface area contributed by atoms with E-state index in [0.29, 0.717) is 5.02 Å². The summed E-state index contributed by atoms with van der Waals surface area (Å²) in [6.45, 7) is 6.42. The Labute approximate surface area is 120 Å². The molecule has 2 rings (SSSR count). The SMILES string of the molecule is CCC(CC)(C(O)c1c(Cl)cnn1C)N1CCCC1. The third kappa shape index (κ3) is 2.41. The molecule has 1 aromatic heterocycles. The van der Waals surface area contributed by atoms with Crippen LogP contribution in [0.4, 0.5) is 0 Å². The fraction of sp³-hybridized carbons (Fsp3) is 0.786. The number of aryl methyl sites for hydroxylation is 1. The summed E-state index contributed by atoms with van der Waals surface area (Å²) < 4.78 is 1.70. The minimum atomic E-state index is -0.597. The zero-order valence-electron chi connectivity index (χ0n) is 12.1. The second kappa shape index (κ2) is 5.81. The van der Waals surface area contributed by atoms with Gasteiger partial charge in [-0.25, -0.2) is 0 Å². The van der Waals surface area contributed by atoms with E-state index in [2.05, 4.69) is 23.8 Å². The van der Waals surface area contributed by atoms with Crippen molar-refractivity contribution >= 4 is 11.6 Å². The first-order valence-corrected chi connectivity index (χ1v) is 7.55. The summed E-state index contributed by atoms with van der Waals surface area (Å²) in [5, 5.41) is 15.7. The lowest BCUT2D eigenvalue weighted by atomic mass is 9.83. The zero-order valence-corrected chi connectivity index (χ0v) is 12.8. The molecule has 4 nitrogen and oxygen atoms in total. The lowest BCUT2D eigenvalue weighted by Crippen LogP contribution is -2.51. The average Bonchev–Trinajstić information content (AvgIpc) is 3.03. The number of likely N-dealkylation sites (tertiary alicyclic amines) is 1. The van der Waals surface area contributed by atoms with Crippen molar-refractivity contribution in [2.24, 2.45) is 7.05 Å². The molecule has 1 aromatic rings. The van der Waals surface area contributed by atoms with Gasteiger partial charge in [-0.2, -0.15) is 5.10 Å². The smallest absolute Gasteiger partial charge is 0.115 e. The molecule has 1 atom stereocenters. The maximum absolute atomic E-state index is 11.0. The van der Waals surface area contributed by atoms with Gasteiger partial charge in [0.1, 0.15) is 6.10 Å². The maximum Gasteiger partial charge on any atom is 0.115 e. The zero-order chi connectivity index (χ0) is 14.0. The third-order valence-corrected chi connectivity index (χ3v) is 4.96. The topological polar surface area (TPSA) is 41.3 Å². The second-order valence-electron chi connectivity index (χ2n) is 5.41. The molecule has 1 N–H and O–H groups in total. The van der Waals surface area contributed by atoms with Crippen molar-refractivity contribution in [2.75, 3.05) is 13.1 Å². The van der Waals surface area contributed by atoms with Crippen molar-refractivity contribution in [1.82, 2.24) is 14.7 Å². The number of aliphatic hydroxyl groups is 1. The van der Waals surface area contributed by atoms with Crippen LogP contribution in [0.1, 0.15) is 51.3 Å². The largest absolute Gasteiger partial charge is 0.385 e. The molecule has 1 saturated heterocycles. The van der Waals surface area contributed by atoms with Gasteiger partial charge in [-0.15, -0.1) is 0 Å². The summed E-state index contributed by atoms with van der Waals surface area (Å²) in [4.78, 5) is 2.43. The molecule has 1 unspecified atom stereocenters. The Balaban J connectivity index is 2.38. The van der Waals surface area contributed by atoms with Crippen LogP contribution in [0.25, 0.3) is 0 Å². The standard InChI is InChI=1S/C14H24ClN3O/c1-4-14(5-2,18-8-6-7-9-18)13(19)12-11(15)10-16-17(12)3/h10,13,19H,4-9H2,1-3H3. The highest BCUT2D eigenvalue weighted by Gasteiger charge is 2.43. The number of hydrogen-bond acceptors (Lipinski definition) is 3. The number of hydrogen-bond donors (Lipinski definition) is 1. The van der Waals surface area contributed by atoms with Crippen LogP contribution in [0.3, 0.4) is 0 Å². The normalized spacial score (nSPS) is 19.0. The van der Waals surface area contributed by atoms with Crippen LogP contribution in [-0.4, -0.2) is 38.4 Å². The molecule has 1 fully saturated rings. The molecule has 108 valence electrons. The minimum absolute atomic E-state index is 0.228. The van der Waals surface area contributed by atoms with Crippen LogP contribution in [0, 0.1) is 0 Å². The van der Waals surface area contributed by atoms with Gasteiger partial charge in [0.25, 0.3) is 0 Å². The Morgan fingerprint density at radius 2 is 1.95 bits per heavy atom. The van der Waals surface area contributed by atoms with Gasteiger partial charge in [-0.1, -0.05) is 25.4 Å². The van der Waals surface area contributed by atoms with Crippen LogP contribution in [0.5, 0.6) is 0 Å². The number of aromatic nitrogens is 2. The van der Waals surface area contributed by atoms with Crippen molar-refractivity contribution in [3.63, 3.8) is 0 Å². The third-order valence-electron chi connectivity index (χ3n) is 4.67. The summed E-state index contributed by atoms with van der Waals surface area (Å²) >= 11 is 6.20. The number of aliphatic hydroxyl groups excluding tert-OH is 1. The predicted molar refractivity (Wildman–Crippen MR) is 77.3 cm³/mol. The highest BCUT2D eigenvalue weighted by molar-refractivity contribution is 6.31. The molecular weight excluding hydrogens is 262 g/mol. The molecule has 1 aliphatic rings. The van der Waals surface area contributed by atoms with E-state index in [1.165, 1.54) is 12.8 Å². The van der Waals surface area contributed by atoms with Crippen LogP contribution in [-0.2, 0) is 7.05 Å². The van der Waals surface area contributed by atoms with Crippen LogP contribution < -0.4 is 0 Å². The highest BCUT2D eigenvalue weighted by atomic mass is 35.5. The molecule has 2 heterocycles. The van der Waals surface area contributed by atoms with Gasteiger partial charge >= 0.3 is 0 Å². The van der Waals surface area contributed by atoms with E-state index in [0.717, 1.165) is 31.6 Å². The van der Waals surface area contributed by atoms with Gasteiger partial charge in [0.2, 0.25) is 0 Å².